The summed E-state index contributed by atoms with van der Waals surface area (Å²) in [5.41, 5.74) is 0. The Balaban J connectivity index is 2.59. The molecule has 0 radical (unpaired) electrons. The van der Waals surface area contributed by atoms with Gasteiger partial charge < -0.3 is 10.2 Å². The first kappa shape index (κ1) is 5.72. The SMILES string of the molecule is OC1C=C(F)C(O)C1. The first-order valence-corrected chi connectivity index (χ1v) is 2.43. The lowest BCUT2D eigenvalue weighted by Gasteiger charge is -1.97. The molecule has 0 aromatic rings. The van der Waals surface area contributed by atoms with Gasteiger partial charge in [0.1, 0.15) is 11.9 Å². The summed E-state index contributed by atoms with van der Waals surface area (Å²) in [7, 11) is 0. The van der Waals surface area contributed by atoms with Gasteiger partial charge in [-0.3, -0.25) is 0 Å². The third-order valence-electron chi connectivity index (χ3n) is 1.13. The second-order valence-electron chi connectivity index (χ2n) is 1.87. The van der Waals surface area contributed by atoms with Gasteiger partial charge in [-0.05, 0) is 6.08 Å². The summed E-state index contributed by atoms with van der Waals surface area (Å²) < 4.78 is 12.0. The fourth-order valence-corrected chi connectivity index (χ4v) is 0.704. The molecule has 1 rings (SSSR count). The van der Waals surface area contributed by atoms with E-state index in [1.165, 1.54) is 0 Å². The van der Waals surface area contributed by atoms with E-state index in [1.54, 1.807) is 0 Å². The maximum Gasteiger partial charge on any atom is 0.127 e. The molecule has 2 unspecified atom stereocenters. The normalized spacial score (nSPS) is 37.6. The number of aliphatic hydroxyl groups is 2. The van der Waals surface area contributed by atoms with Crippen molar-refractivity contribution in [1.29, 1.82) is 0 Å². The second-order valence-corrected chi connectivity index (χ2v) is 1.87. The molecule has 0 aliphatic heterocycles. The van der Waals surface area contributed by atoms with Gasteiger partial charge in [-0.1, -0.05) is 0 Å². The molecule has 0 spiro atoms. The highest BCUT2D eigenvalue weighted by Crippen LogP contribution is 2.19. The summed E-state index contributed by atoms with van der Waals surface area (Å²) in [5.74, 6) is -0.613. The summed E-state index contributed by atoms with van der Waals surface area (Å²) in [6.45, 7) is 0. The first-order chi connectivity index (χ1) is 3.70. The Kier molecular flexibility index (Phi) is 1.31. The monoisotopic (exact) mass is 118 g/mol. The third-order valence-corrected chi connectivity index (χ3v) is 1.13. The van der Waals surface area contributed by atoms with Gasteiger partial charge in [0.15, 0.2) is 0 Å². The number of hydrogen-bond donors (Lipinski definition) is 2. The van der Waals surface area contributed by atoms with Crippen LogP contribution < -0.4 is 0 Å². The van der Waals surface area contributed by atoms with E-state index in [9.17, 15) is 4.39 Å². The van der Waals surface area contributed by atoms with Crippen molar-refractivity contribution < 1.29 is 14.6 Å². The topological polar surface area (TPSA) is 40.5 Å². The van der Waals surface area contributed by atoms with Crippen LogP contribution in [0, 0.1) is 0 Å². The lowest BCUT2D eigenvalue weighted by atomic mass is 10.3. The molecule has 0 amide bonds. The van der Waals surface area contributed by atoms with E-state index in [1.807, 2.05) is 0 Å². The fourth-order valence-electron chi connectivity index (χ4n) is 0.704. The molecular formula is C5H7FO2. The van der Waals surface area contributed by atoms with Gasteiger partial charge in [0.2, 0.25) is 0 Å². The predicted molar refractivity (Wildman–Crippen MR) is 25.8 cm³/mol. The zero-order valence-corrected chi connectivity index (χ0v) is 4.21. The summed E-state index contributed by atoms with van der Waals surface area (Å²) >= 11 is 0. The molecule has 0 saturated heterocycles. The lowest BCUT2D eigenvalue weighted by Crippen LogP contribution is -2.06. The largest absolute Gasteiger partial charge is 0.389 e. The minimum absolute atomic E-state index is 0.103. The Morgan fingerprint density at radius 2 is 2.25 bits per heavy atom. The summed E-state index contributed by atoms with van der Waals surface area (Å²) in [6.07, 6.45) is -0.730. The van der Waals surface area contributed by atoms with Crippen molar-refractivity contribution in [2.75, 3.05) is 0 Å². The molecule has 1 aliphatic rings. The molecule has 0 saturated carbocycles. The van der Waals surface area contributed by atoms with Crippen molar-refractivity contribution in [3.63, 3.8) is 0 Å². The molecule has 8 heavy (non-hydrogen) atoms. The molecule has 0 heterocycles. The van der Waals surface area contributed by atoms with Gasteiger partial charge in [-0.25, -0.2) is 4.39 Å². The van der Waals surface area contributed by atoms with Gasteiger partial charge in [0, 0.05) is 6.42 Å². The standard InChI is InChI=1S/C5H7FO2/c6-4-1-3(7)2-5(4)8/h1,3,5,7-8H,2H2. The molecule has 2 nitrogen and oxygen atoms in total. The Labute approximate surface area is 46.3 Å². The first-order valence-electron chi connectivity index (χ1n) is 2.43. The molecule has 0 fully saturated rings. The van der Waals surface area contributed by atoms with Crippen LogP contribution >= 0.6 is 0 Å². The van der Waals surface area contributed by atoms with Gasteiger partial charge >= 0.3 is 0 Å². The Bertz CT molecular complexity index is 122. The average Bonchev–Trinajstić information content (AvgIpc) is 1.85. The Morgan fingerprint density at radius 1 is 1.62 bits per heavy atom. The van der Waals surface area contributed by atoms with Crippen LogP contribution in [0.1, 0.15) is 6.42 Å². The molecule has 2 N–H and O–H groups in total. The molecule has 46 valence electrons. The molecule has 0 bridgehead atoms. The number of rotatable bonds is 0. The van der Waals surface area contributed by atoms with Crippen molar-refractivity contribution >= 4 is 0 Å². The predicted octanol–water partition coefficient (Wildman–Crippen LogP) is -0.0347. The van der Waals surface area contributed by atoms with Crippen molar-refractivity contribution in [2.24, 2.45) is 0 Å². The van der Waals surface area contributed by atoms with E-state index in [-0.39, 0.29) is 6.42 Å². The highest BCUT2D eigenvalue weighted by molar-refractivity contribution is 5.10. The second kappa shape index (κ2) is 1.84. The zero-order chi connectivity index (χ0) is 6.15. The molecular weight excluding hydrogens is 111 g/mol. The van der Waals surface area contributed by atoms with E-state index in [2.05, 4.69) is 0 Å². The molecule has 3 heteroatoms. The van der Waals surface area contributed by atoms with Crippen molar-refractivity contribution in [2.45, 2.75) is 18.6 Å². The molecule has 0 aromatic heterocycles. The van der Waals surface area contributed by atoms with Crippen LogP contribution in [0.15, 0.2) is 11.9 Å². The summed E-state index contributed by atoms with van der Waals surface area (Å²) in [5, 5.41) is 17.2. The zero-order valence-electron chi connectivity index (χ0n) is 4.21. The van der Waals surface area contributed by atoms with E-state index in [0.717, 1.165) is 6.08 Å². The Hall–Kier alpha value is -0.410. The summed E-state index contributed by atoms with van der Waals surface area (Å²) in [6, 6.07) is 0. The van der Waals surface area contributed by atoms with Crippen LogP contribution in [0.5, 0.6) is 0 Å². The van der Waals surface area contributed by atoms with Crippen LogP contribution in [0.2, 0.25) is 0 Å². The highest BCUT2D eigenvalue weighted by Gasteiger charge is 2.22. The maximum absolute atomic E-state index is 12.0. The summed E-state index contributed by atoms with van der Waals surface area (Å²) in [4.78, 5) is 0. The minimum atomic E-state index is -1.06. The number of halogens is 1. The smallest absolute Gasteiger partial charge is 0.127 e. The average molecular weight is 118 g/mol. The van der Waals surface area contributed by atoms with Crippen molar-refractivity contribution in [3.8, 4) is 0 Å². The van der Waals surface area contributed by atoms with Crippen molar-refractivity contribution in [1.82, 2.24) is 0 Å². The van der Waals surface area contributed by atoms with Crippen LogP contribution in [0.3, 0.4) is 0 Å². The van der Waals surface area contributed by atoms with Crippen LogP contribution in [-0.4, -0.2) is 22.4 Å². The van der Waals surface area contributed by atoms with Gasteiger partial charge in [-0.15, -0.1) is 0 Å². The van der Waals surface area contributed by atoms with Gasteiger partial charge in [0.05, 0.1) is 6.10 Å². The molecule has 0 aromatic carbocycles. The van der Waals surface area contributed by atoms with E-state index in [0.29, 0.717) is 0 Å². The number of aliphatic hydroxyl groups excluding tert-OH is 2. The third kappa shape index (κ3) is 0.877. The maximum atomic E-state index is 12.0. The van der Waals surface area contributed by atoms with E-state index in [4.69, 9.17) is 10.2 Å². The van der Waals surface area contributed by atoms with E-state index < -0.39 is 18.0 Å². The molecule has 2 atom stereocenters. The lowest BCUT2D eigenvalue weighted by molar-refractivity contribution is 0.137. The van der Waals surface area contributed by atoms with Crippen LogP contribution in [0.4, 0.5) is 4.39 Å². The van der Waals surface area contributed by atoms with Crippen LogP contribution in [0.25, 0.3) is 0 Å². The van der Waals surface area contributed by atoms with Crippen molar-refractivity contribution in [3.05, 3.63) is 11.9 Å². The fraction of sp³-hybridized carbons (Fsp3) is 0.600. The Morgan fingerprint density at radius 3 is 2.38 bits per heavy atom. The highest BCUT2D eigenvalue weighted by atomic mass is 19.1. The van der Waals surface area contributed by atoms with Gasteiger partial charge in [-0.2, -0.15) is 0 Å². The minimum Gasteiger partial charge on any atom is -0.389 e. The quantitative estimate of drug-likeness (QED) is 0.468. The number of hydrogen-bond acceptors (Lipinski definition) is 2. The molecule has 1 aliphatic carbocycles. The van der Waals surface area contributed by atoms with E-state index >= 15 is 0 Å². The van der Waals surface area contributed by atoms with Crippen LogP contribution in [-0.2, 0) is 0 Å². The van der Waals surface area contributed by atoms with Gasteiger partial charge in [0.25, 0.3) is 0 Å².